The molecular formula is C13H14FNO. The molecule has 0 spiro atoms. The van der Waals surface area contributed by atoms with Crippen LogP contribution < -0.4 is 5.73 Å². The minimum atomic E-state index is -0.268. The van der Waals surface area contributed by atoms with Gasteiger partial charge in [0.1, 0.15) is 17.3 Å². The highest BCUT2D eigenvalue weighted by molar-refractivity contribution is 5.57. The smallest absolute Gasteiger partial charge is 0.134 e. The Kier molecular flexibility index (Phi) is 3.06. The van der Waals surface area contributed by atoms with Gasteiger partial charge >= 0.3 is 0 Å². The third kappa shape index (κ3) is 2.14. The van der Waals surface area contributed by atoms with E-state index in [9.17, 15) is 4.39 Å². The highest BCUT2D eigenvalue weighted by atomic mass is 19.1. The standard InChI is InChI=1S/C13H14FNO/c1-2-11(15)13-7-6-12(16-13)9-4-3-5-10(14)8-9/h3-8,11H,2,15H2,1H3. The van der Waals surface area contributed by atoms with Gasteiger partial charge in [-0.25, -0.2) is 4.39 Å². The van der Waals surface area contributed by atoms with Gasteiger partial charge < -0.3 is 10.2 Å². The van der Waals surface area contributed by atoms with Crippen LogP contribution in [-0.4, -0.2) is 0 Å². The van der Waals surface area contributed by atoms with Crippen LogP contribution in [0.3, 0.4) is 0 Å². The van der Waals surface area contributed by atoms with Crippen LogP contribution in [-0.2, 0) is 0 Å². The molecule has 0 bridgehead atoms. The SMILES string of the molecule is CCC(N)c1ccc(-c2cccc(F)c2)o1. The number of rotatable bonds is 3. The largest absolute Gasteiger partial charge is 0.459 e. The molecule has 2 nitrogen and oxygen atoms in total. The molecule has 3 heteroatoms. The van der Waals surface area contributed by atoms with Crippen molar-refractivity contribution < 1.29 is 8.81 Å². The number of benzene rings is 1. The first-order valence-corrected chi connectivity index (χ1v) is 5.32. The monoisotopic (exact) mass is 219 g/mol. The average molecular weight is 219 g/mol. The lowest BCUT2D eigenvalue weighted by Gasteiger charge is -2.03. The number of hydrogen-bond acceptors (Lipinski definition) is 2. The van der Waals surface area contributed by atoms with Crippen molar-refractivity contribution in [3.8, 4) is 11.3 Å². The van der Waals surface area contributed by atoms with Gasteiger partial charge in [0, 0.05) is 5.56 Å². The summed E-state index contributed by atoms with van der Waals surface area (Å²) >= 11 is 0. The average Bonchev–Trinajstić information content (AvgIpc) is 2.77. The molecule has 0 radical (unpaired) electrons. The van der Waals surface area contributed by atoms with E-state index >= 15 is 0 Å². The first-order chi connectivity index (χ1) is 7.70. The van der Waals surface area contributed by atoms with E-state index in [1.165, 1.54) is 12.1 Å². The van der Waals surface area contributed by atoms with Crippen LogP contribution >= 0.6 is 0 Å². The van der Waals surface area contributed by atoms with Crippen molar-refractivity contribution in [1.82, 2.24) is 0 Å². The van der Waals surface area contributed by atoms with E-state index in [1.54, 1.807) is 6.07 Å². The van der Waals surface area contributed by atoms with Crippen LogP contribution in [0.15, 0.2) is 40.8 Å². The van der Waals surface area contributed by atoms with Gasteiger partial charge in [0.25, 0.3) is 0 Å². The Balaban J connectivity index is 2.31. The Morgan fingerprint density at radius 1 is 1.31 bits per heavy atom. The van der Waals surface area contributed by atoms with Crippen LogP contribution in [0.25, 0.3) is 11.3 Å². The van der Waals surface area contributed by atoms with Crippen molar-refractivity contribution in [3.63, 3.8) is 0 Å². The number of nitrogens with two attached hydrogens (primary N) is 1. The Bertz CT molecular complexity index is 478. The Morgan fingerprint density at radius 3 is 2.81 bits per heavy atom. The molecule has 2 aromatic rings. The second-order valence-electron chi connectivity index (χ2n) is 3.73. The van der Waals surface area contributed by atoms with Crippen molar-refractivity contribution in [2.45, 2.75) is 19.4 Å². The normalized spacial score (nSPS) is 12.7. The van der Waals surface area contributed by atoms with E-state index in [0.717, 1.165) is 17.7 Å². The molecule has 1 atom stereocenters. The van der Waals surface area contributed by atoms with Gasteiger partial charge in [-0.05, 0) is 30.7 Å². The summed E-state index contributed by atoms with van der Waals surface area (Å²) in [4.78, 5) is 0. The molecule has 16 heavy (non-hydrogen) atoms. The van der Waals surface area contributed by atoms with Crippen LogP contribution in [0.2, 0.25) is 0 Å². The van der Waals surface area contributed by atoms with Crippen LogP contribution in [0, 0.1) is 5.82 Å². The van der Waals surface area contributed by atoms with E-state index in [0.29, 0.717) is 5.76 Å². The predicted molar refractivity (Wildman–Crippen MR) is 61.3 cm³/mol. The van der Waals surface area contributed by atoms with Gasteiger partial charge in [-0.1, -0.05) is 19.1 Å². The van der Waals surface area contributed by atoms with Crippen LogP contribution in [0.5, 0.6) is 0 Å². The van der Waals surface area contributed by atoms with Gasteiger partial charge in [0.2, 0.25) is 0 Å². The molecule has 0 aliphatic heterocycles. The maximum atomic E-state index is 13.0. The fraction of sp³-hybridized carbons (Fsp3) is 0.231. The summed E-state index contributed by atoms with van der Waals surface area (Å²) in [5, 5.41) is 0. The lowest BCUT2D eigenvalue weighted by Crippen LogP contribution is -2.06. The number of furan rings is 1. The van der Waals surface area contributed by atoms with E-state index in [-0.39, 0.29) is 11.9 Å². The molecule has 0 fully saturated rings. The second kappa shape index (κ2) is 4.49. The maximum Gasteiger partial charge on any atom is 0.134 e. The summed E-state index contributed by atoms with van der Waals surface area (Å²) < 4.78 is 18.6. The summed E-state index contributed by atoms with van der Waals surface area (Å²) in [5.74, 6) is 1.12. The number of hydrogen-bond donors (Lipinski definition) is 1. The van der Waals surface area contributed by atoms with Crippen molar-refractivity contribution in [1.29, 1.82) is 0 Å². The van der Waals surface area contributed by atoms with E-state index in [2.05, 4.69) is 0 Å². The molecule has 2 N–H and O–H groups in total. The summed E-state index contributed by atoms with van der Waals surface area (Å²) in [6.45, 7) is 2.00. The van der Waals surface area contributed by atoms with E-state index in [1.807, 2.05) is 25.1 Å². The third-order valence-electron chi connectivity index (χ3n) is 2.54. The highest BCUT2D eigenvalue weighted by Crippen LogP contribution is 2.25. The molecule has 1 heterocycles. The molecule has 1 aromatic heterocycles. The first kappa shape index (κ1) is 10.9. The molecule has 0 aliphatic carbocycles. The fourth-order valence-corrected chi connectivity index (χ4v) is 1.55. The summed E-state index contributed by atoms with van der Waals surface area (Å²) in [7, 11) is 0. The summed E-state index contributed by atoms with van der Waals surface area (Å²) in [6, 6.07) is 9.89. The van der Waals surface area contributed by atoms with Gasteiger partial charge in [-0.2, -0.15) is 0 Å². The molecule has 84 valence electrons. The van der Waals surface area contributed by atoms with Crippen LogP contribution in [0.1, 0.15) is 25.1 Å². The second-order valence-corrected chi connectivity index (χ2v) is 3.73. The minimum Gasteiger partial charge on any atom is -0.459 e. The zero-order valence-corrected chi connectivity index (χ0v) is 9.11. The van der Waals surface area contributed by atoms with Gasteiger partial charge in [-0.3, -0.25) is 0 Å². The van der Waals surface area contributed by atoms with Crippen molar-refractivity contribution >= 4 is 0 Å². The maximum absolute atomic E-state index is 13.0. The van der Waals surface area contributed by atoms with Crippen LogP contribution in [0.4, 0.5) is 4.39 Å². The molecule has 0 saturated heterocycles. The molecule has 0 amide bonds. The molecule has 0 saturated carbocycles. The van der Waals surface area contributed by atoms with E-state index < -0.39 is 0 Å². The molecule has 1 aromatic carbocycles. The molecule has 2 rings (SSSR count). The van der Waals surface area contributed by atoms with Crippen molar-refractivity contribution in [3.05, 3.63) is 48.0 Å². The zero-order valence-electron chi connectivity index (χ0n) is 9.11. The molecule has 0 aliphatic rings. The highest BCUT2D eigenvalue weighted by Gasteiger charge is 2.10. The lowest BCUT2D eigenvalue weighted by molar-refractivity contribution is 0.469. The van der Waals surface area contributed by atoms with Gasteiger partial charge in [0.15, 0.2) is 0 Å². The fourth-order valence-electron chi connectivity index (χ4n) is 1.55. The summed E-state index contributed by atoms with van der Waals surface area (Å²) in [5.41, 5.74) is 6.58. The Hall–Kier alpha value is -1.61. The minimum absolute atomic E-state index is 0.0951. The summed E-state index contributed by atoms with van der Waals surface area (Å²) in [6.07, 6.45) is 0.816. The lowest BCUT2D eigenvalue weighted by atomic mass is 10.1. The van der Waals surface area contributed by atoms with Crippen molar-refractivity contribution in [2.75, 3.05) is 0 Å². The third-order valence-corrected chi connectivity index (χ3v) is 2.54. The first-order valence-electron chi connectivity index (χ1n) is 5.32. The van der Waals surface area contributed by atoms with Crippen molar-refractivity contribution in [2.24, 2.45) is 5.73 Å². The topological polar surface area (TPSA) is 39.2 Å². The quantitative estimate of drug-likeness (QED) is 0.858. The van der Waals surface area contributed by atoms with E-state index in [4.69, 9.17) is 10.2 Å². The Morgan fingerprint density at radius 2 is 2.12 bits per heavy atom. The predicted octanol–water partition coefficient (Wildman–Crippen LogP) is 3.50. The van der Waals surface area contributed by atoms with Gasteiger partial charge in [-0.15, -0.1) is 0 Å². The molecular weight excluding hydrogens is 205 g/mol. The number of halogens is 1. The zero-order chi connectivity index (χ0) is 11.5. The van der Waals surface area contributed by atoms with Gasteiger partial charge in [0.05, 0.1) is 6.04 Å². The molecule has 1 unspecified atom stereocenters. The Labute approximate surface area is 93.9 Å².